The summed E-state index contributed by atoms with van der Waals surface area (Å²) in [5.41, 5.74) is 2.13. The Hall–Kier alpha value is -1.69. The maximum Gasteiger partial charge on any atom is 0.261 e. The fourth-order valence-electron chi connectivity index (χ4n) is 3.11. The highest BCUT2D eigenvalue weighted by molar-refractivity contribution is 7.10. The first kappa shape index (κ1) is 13.9. The summed E-state index contributed by atoms with van der Waals surface area (Å²) in [7, 11) is 0. The topological polar surface area (TPSA) is 49.4 Å². The third-order valence-electron chi connectivity index (χ3n) is 4.20. The van der Waals surface area contributed by atoms with Gasteiger partial charge in [-0.2, -0.15) is 0 Å². The molecule has 1 unspecified atom stereocenters. The Morgan fingerprint density at radius 1 is 1.23 bits per heavy atom. The van der Waals surface area contributed by atoms with E-state index in [1.807, 2.05) is 5.38 Å². The zero-order chi connectivity index (χ0) is 15.3. The highest BCUT2D eigenvalue weighted by Gasteiger charge is 2.37. The average Bonchev–Trinajstić information content (AvgIpc) is 3.03. The largest absolute Gasteiger partial charge is 0.307 e. The number of amides is 2. The van der Waals surface area contributed by atoms with Gasteiger partial charge in [0.25, 0.3) is 11.8 Å². The number of benzene rings is 1. The summed E-state index contributed by atoms with van der Waals surface area (Å²) in [5, 5.41) is 6.10. The van der Waals surface area contributed by atoms with Gasteiger partial charge in [0.05, 0.1) is 22.2 Å². The van der Waals surface area contributed by atoms with E-state index < -0.39 is 0 Å². The van der Waals surface area contributed by atoms with Gasteiger partial charge in [-0.1, -0.05) is 23.7 Å². The fourth-order valence-corrected chi connectivity index (χ4v) is 4.54. The van der Waals surface area contributed by atoms with E-state index in [9.17, 15) is 9.59 Å². The summed E-state index contributed by atoms with van der Waals surface area (Å²) < 4.78 is 0. The molecule has 1 atom stereocenters. The predicted octanol–water partition coefficient (Wildman–Crippen LogP) is 2.88. The molecule has 2 aromatic rings. The van der Waals surface area contributed by atoms with Gasteiger partial charge in [-0.25, -0.2) is 0 Å². The van der Waals surface area contributed by atoms with Gasteiger partial charge in [-0.05, 0) is 30.7 Å². The van der Waals surface area contributed by atoms with Gasteiger partial charge in [-0.3, -0.25) is 14.5 Å². The fraction of sp³-hybridized carbons (Fsp3) is 0.250. The average molecular weight is 333 g/mol. The lowest BCUT2D eigenvalue weighted by Crippen LogP contribution is -2.41. The minimum Gasteiger partial charge on any atom is -0.307 e. The third kappa shape index (κ3) is 2.00. The van der Waals surface area contributed by atoms with Crippen molar-refractivity contribution < 1.29 is 9.59 Å². The number of thiophene rings is 1. The van der Waals surface area contributed by atoms with E-state index >= 15 is 0 Å². The molecule has 1 aromatic carbocycles. The molecule has 112 valence electrons. The van der Waals surface area contributed by atoms with Crippen LogP contribution in [-0.2, 0) is 6.42 Å². The quantitative estimate of drug-likeness (QED) is 0.860. The molecule has 0 radical (unpaired) electrons. The predicted molar refractivity (Wildman–Crippen MR) is 85.6 cm³/mol. The Labute approximate surface area is 136 Å². The second kappa shape index (κ2) is 5.19. The van der Waals surface area contributed by atoms with Crippen molar-refractivity contribution in [3.8, 4) is 0 Å². The Morgan fingerprint density at radius 2 is 1.91 bits per heavy atom. The molecule has 0 saturated heterocycles. The maximum absolute atomic E-state index is 12.5. The molecule has 0 aliphatic carbocycles. The van der Waals surface area contributed by atoms with Gasteiger partial charge < -0.3 is 5.32 Å². The molecule has 0 saturated carbocycles. The van der Waals surface area contributed by atoms with E-state index in [2.05, 4.69) is 5.32 Å². The van der Waals surface area contributed by atoms with Crippen LogP contribution >= 0.6 is 22.9 Å². The second-order valence-electron chi connectivity index (χ2n) is 5.45. The standard InChI is InChI=1S/C16H13ClN2O2S/c17-12-8-22-14-11(12)5-6-18-13(14)7-19-15(20)9-3-1-2-4-10(9)16(19)21/h1-4,8,13,18H,5-7H2. The van der Waals surface area contributed by atoms with E-state index in [1.165, 1.54) is 4.90 Å². The number of halogens is 1. The lowest BCUT2D eigenvalue weighted by molar-refractivity contribution is 0.0637. The van der Waals surface area contributed by atoms with Crippen LogP contribution < -0.4 is 5.32 Å². The molecule has 0 spiro atoms. The first-order valence-electron chi connectivity index (χ1n) is 7.11. The van der Waals surface area contributed by atoms with Crippen LogP contribution in [0.1, 0.15) is 37.2 Å². The van der Waals surface area contributed by atoms with Gasteiger partial charge in [-0.15, -0.1) is 11.3 Å². The SMILES string of the molecule is O=C1c2ccccc2C(=O)N1CC1NCCc2c(Cl)csc21. The molecule has 2 aliphatic heterocycles. The minimum absolute atomic E-state index is 0.0385. The third-order valence-corrected chi connectivity index (χ3v) is 5.81. The van der Waals surface area contributed by atoms with Crippen LogP contribution in [0, 0.1) is 0 Å². The summed E-state index contributed by atoms with van der Waals surface area (Å²) in [6.07, 6.45) is 0.885. The minimum atomic E-state index is -0.211. The normalized spacial score (nSPS) is 20.2. The van der Waals surface area contributed by atoms with Gasteiger partial charge in [0.1, 0.15) is 0 Å². The van der Waals surface area contributed by atoms with E-state index in [0.29, 0.717) is 17.7 Å². The number of imide groups is 1. The molecule has 4 rings (SSSR count). The summed E-state index contributed by atoms with van der Waals surface area (Å²) in [6.45, 7) is 1.15. The smallest absolute Gasteiger partial charge is 0.261 e. The van der Waals surface area contributed by atoms with Crippen LogP contribution in [0.5, 0.6) is 0 Å². The van der Waals surface area contributed by atoms with E-state index in [4.69, 9.17) is 11.6 Å². The van der Waals surface area contributed by atoms with Crippen LogP contribution in [0.25, 0.3) is 0 Å². The van der Waals surface area contributed by atoms with E-state index in [0.717, 1.165) is 28.4 Å². The molecular weight excluding hydrogens is 320 g/mol. The summed E-state index contributed by atoms with van der Waals surface area (Å²) in [5.74, 6) is -0.422. The Kier molecular flexibility index (Phi) is 3.29. The number of nitrogens with zero attached hydrogens (tertiary/aromatic N) is 1. The number of fused-ring (bicyclic) bond motifs is 2. The van der Waals surface area contributed by atoms with Crippen LogP contribution in [0.4, 0.5) is 0 Å². The molecule has 4 nitrogen and oxygen atoms in total. The van der Waals surface area contributed by atoms with Crippen molar-refractivity contribution in [1.29, 1.82) is 0 Å². The van der Waals surface area contributed by atoms with Crippen molar-refractivity contribution in [2.24, 2.45) is 0 Å². The van der Waals surface area contributed by atoms with Crippen molar-refractivity contribution in [3.63, 3.8) is 0 Å². The van der Waals surface area contributed by atoms with E-state index in [-0.39, 0.29) is 17.9 Å². The molecule has 2 amide bonds. The number of hydrogen-bond acceptors (Lipinski definition) is 4. The second-order valence-corrected chi connectivity index (χ2v) is 6.77. The van der Waals surface area contributed by atoms with Crippen molar-refractivity contribution in [3.05, 3.63) is 56.2 Å². The Balaban J connectivity index is 1.64. The Bertz CT molecular complexity index is 751. The lowest BCUT2D eigenvalue weighted by atomic mass is 10.0. The molecule has 6 heteroatoms. The molecule has 22 heavy (non-hydrogen) atoms. The number of rotatable bonds is 2. The zero-order valence-electron chi connectivity index (χ0n) is 11.6. The van der Waals surface area contributed by atoms with Crippen LogP contribution in [0.15, 0.2) is 29.6 Å². The monoisotopic (exact) mass is 332 g/mol. The van der Waals surface area contributed by atoms with Crippen LogP contribution in [0.2, 0.25) is 5.02 Å². The van der Waals surface area contributed by atoms with Gasteiger partial charge >= 0.3 is 0 Å². The zero-order valence-corrected chi connectivity index (χ0v) is 13.2. The summed E-state index contributed by atoms with van der Waals surface area (Å²) >= 11 is 7.79. The highest BCUT2D eigenvalue weighted by atomic mass is 35.5. The first-order chi connectivity index (χ1) is 10.7. The number of hydrogen-bond donors (Lipinski definition) is 1. The summed E-state index contributed by atoms with van der Waals surface area (Å²) in [6, 6.07) is 6.94. The molecule has 0 bridgehead atoms. The van der Waals surface area contributed by atoms with Crippen molar-refractivity contribution in [1.82, 2.24) is 10.2 Å². The van der Waals surface area contributed by atoms with Crippen molar-refractivity contribution in [2.45, 2.75) is 12.5 Å². The van der Waals surface area contributed by atoms with E-state index in [1.54, 1.807) is 35.6 Å². The first-order valence-corrected chi connectivity index (χ1v) is 8.37. The molecule has 1 aromatic heterocycles. The van der Waals surface area contributed by atoms with Crippen LogP contribution in [0.3, 0.4) is 0 Å². The Morgan fingerprint density at radius 3 is 2.59 bits per heavy atom. The van der Waals surface area contributed by atoms with Crippen molar-refractivity contribution >= 4 is 34.8 Å². The molecule has 1 N–H and O–H groups in total. The summed E-state index contributed by atoms with van der Waals surface area (Å²) in [4.78, 5) is 27.4. The van der Waals surface area contributed by atoms with Crippen LogP contribution in [-0.4, -0.2) is 29.8 Å². The number of nitrogens with one attached hydrogen (secondary N) is 1. The highest BCUT2D eigenvalue weighted by Crippen LogP contribution is 2.36. The van der Waals surface area contributed by atoms with Gasteiger partial charge in [0.15, 0.2) is 0 Å². The van der Waals surface area contributed by atoms with Gasteiger partial charge in [0.2, 0.25) is 0 Å². The molecule has 3 heterocycles. The lowest BCUT2D eigenvalue weighted by Gasteiger charge is -2.27. The van der Waals surface area contributed by atoms with Gasteiger partial charge in [0, 0.05) is 16.8 Å². The molecule has 2 aliphatic rings. The molecular formula is C16H13ClN2O2S. The maximum atomic E-state index is 12.5. The molecule has 0 fully saturated rings. The number of carbonyl (C=O) groups is 2. The number of carbonyl (C=O) groups excluding carboxylic acids is 2. The van der Waals surface area contributed by atoms with Crippen molar-refractivity contribution in [2.75, 3.05) is 13.1 Å².